The first-order valence-corrected chi connectivity index (χ1v) is 6.81. The minimum Gasteiger partial charge on any atom is -0.384 e. The molecule has 4 nitrogen and oxygen atoms in total. The summed E-state index contributed by atoms with van der Waals surface area (Å²) >= 11 is 3.47. The molecule has 0 aliphatic carbocycles. The lowest BCUT2D eigenvalue weighted by Gasteiger charge is -2.37. The highest BCUT2D eigenvalue weighted by atomic mass is 79.9. The molecule has 1 aromatic rings. The lowest BCUT2D eigenvalue weighted by Crippen LogP contribution is -2.46. The molecule has 0 saturated carbocycles. The third-order valence-corrected chi connectivity index (χ3v) is 3.50. The maximum atomic E-state index is 7.67. The molecule has 1 saturated heterocycles. The van der Waals surface area contributed by atoms with Gasteiger partial charge in [0.05, 0.1) is 12.2 Å². The predicted octanol–water partition coefficient (Wildman–Crippen LogP) is 2.35. The van der Waals surface area contributed by atoms with E-state index in [0.29, 0.717) is 0 Å². The number of nitrogens with two attached hydrogens (primary N) is 1. The van der Waals surface area contributed by atoms with Crippen LogP contribution >= 0.6 is 15.9 Å². The molecule has 2 rings (SSSR count). The molecule has 0 unspecified atom stereocenters. The van der Waals surface area contributed by atoms with Crippen molar-refractivity contribution in [3.8, 4) is 0 Å². The lowest BCUT2D eigenvalue weighted by molar-refractivity contribution is -0.00522. The minimum atomic E-state index is 0.101. The molecule has 5 heteroatoms. The number of halogens is 1. The SMILES string of the molecule is C[C@@H]1CN(c2cc(Br)ccc2C(=N)N)C[C@H](C)O1. The van der Waals surface area contributed by atoms with Crippen LogP contribution in [0, 0.1) is 5.41 Å². The first kappa shape index (κ1) is 13.4. The van der Waals surface area contributed by atoms with E-state index in [-0.39, 0.29) is 18.0 Å². The van der Waals surface area contributed by atoms with E-state index in [1.54, 1.807) is 0 Å². The average Bonchev–Trinajstić information content (AvgIpc) is 2.27. The van der Waals surface area contributed by atoms with Crippen LogP contribution in [-0.4, -0.2) is 31.1 Å². The van der Waals surface area contributed by atoms with Crippen molar-refractivity contribution in [1.82, 2.24) is 0 Å². The minimum absolute atomic E-state index is 0.101. The Bertz CT molecular complexity index is 454. The van der Waals surface area contributed by atoms with Gasteiger partial charge in [0.1, 0.15) is 5.84 Å². The Hall–Kier alpha value is -1.07. The fourth-order valence-corrected chi connectivity index (χ4v) is 2.72. The average molecular weight is 312 g/mol. The summed E-state index contributed by atoms with van der Waals surface area (Å²) in [4.78, 5) is 2.24. The standard InChI is InChI=1S/C13H18BrN3O/c1-8-6-17(7-9(2)18-8)12-5-10(14)3-4-11(12)13(15)16/h3-5,8-9H,6-7H2,1-2H3,(H3,15,16)/t8-,9+. The lowest BCUT2D eigenvalue weighted by atomic mass is 10.1. The molecular formula is C13H18BrN3O. The highest BCUT2D eigenvalue weighted by molar-refractivity contribution is 9.10. The molecule has 0 spiro atoms. The molecule has 1 aromatic carbocycles. The van der Waals surface area contributed by atoms with Crippen molar-refractivity contribution in [2.24, 2.45) is 5.73 Å². The van der Waals surface area contributed by atoms with Gasteiger partial charge in [0.2, 0.25) is 0 Å². The van der Waals surface area contributed by atoms with Gasteiger partial charge in [-0.15, -0.1) is 0 Å². The molecular weight excluding hydrogens is 294 g/mol. The van der Waals surface area contributed by atoms with Crippen LogP contribution in [-0.2, 0) is 4.74 Å². The molecule has 1 aliphatic heterocycles. The van der Waals surface area contributed by atoms with Gasteiger partial charge in [-0.25, -0.2) is 0 Å². The number of benzene rings is 1. The molecule has 0 bridgehead atoms. The molecule has 1 heterocycles. The van der Waals surface area contributed by atoms with Gasteiger partial charge in [-0.2, -0.15) is 0 Å². The second-order valence-electron chi connectivity index (χ2n) is 4.74. The van der Waals surface area contributed by atoms with Gasteiger partial charge in [0.25, 0.3) is 0 Å². The second kappa shape index (κ2) is 5.28. The number of amidine groups is 1. The van der Waals surface area contributed by atoms with Crippen molar-refractivity contribution < 1.29 is 4.74 Å². The second-order valence-corrected chi connectivity index (χ2v) is 5.65. The molecule has 0 amide bonds. The van der Waals surface area contributed by atoms with Gasteiger partial charge in [-0.1, -0.05) is 15.9 Å². The van der Waals surface area contributed by atoms with Gasteiger partial charge in [0.15, 0.2) is 0 Å². The summed E-state index contributed by atoms with van der Waals surface area (Å²) in [6, 6.07) is 5.81. The largest absolute Gasteiger partial charge is 0.384 e. The zero-order valence-corrected chi connectivity index (χ0v) is 12.2. The highest BCUT2D eigenvalue weighted by Gasteiger charge is 2.24. The quantitative estimate of drug-likeness (QED) is 0.651. The fourth-order valence-electron chi connectivity index (χ4n) is 2.37. The van der Waals surface area contributed by atoms with Gasteiger partial charge in [-0.05, 0) is 32.0 Å². The van der Waals surface area contributed by atoms with E-state index in [0.717, 1.165) is 28.8 Å². The van der Waals surface area contributed by atoms with E-state index in [2.05, 4.69) is 34.7 Å². The van der Waals surface area contributed by atoms with E-state index < -0.39 is 0 Å². The summed E-state index contributed by atoms with van der Waals surface area (Å²) in [5.41, 5.74) is 7.43. The van der Waals surface area contributed by atoms with Crippen molar-refractivity contribution in [2.45, 2.75) is 26.1 Å². The molecule has 1 fully saturated rings. The number of nitrogens with one attached hydrogen (secondary N) is 1. The van der Waals surface area contributed by atoms with Gasteiger partial charge in [-0.3, -0.25) is 5.41 Å². The Morgan fingerprint density at radius 1 is 1.39 bits per heavy atom. The van der Waals surface area contributed by atoms with Crippen LogP contribution in [0.4, 0.5) is 5.69 Å². The van der Waals surface area contributed by atoms with E-state index in [1.165, 1.54) is 0 Å². The summed E-state index contributed by atoms with van der Waals surface area (Å²) in [7, 11) is 0. The molecule has 98 valence electrons. The van der Waals surface area contributed by atoms with Crippen molar-refractivity contribution in [2.75, 3.05) is 18.0 Å². The van der Waals surface area contributed by atoms with Gasteiger partial charge in [0, 0.05) is 28.8 Å². The summed E-state index contributed by atoms with van der Waals surface area (Å²) in [6.07, 6.45) is 0.375. The van der Waals surface area contributed by atoms with Crippen LogP contribution in [0.15, 0.2) is 22.7 Å². The van der Waals surface area contributed by atoms with Gasteiger partial charge >= 0.3 is 0 Å². The Labute approximate surface area is 116 Å². The third-order valence-electron chi connectivity index (χ3n) is 3.01. The Morgan fingerprint density at radius 2 is 2.00 bits per heavy atom. The van der Waals surface area contributed by atoms with Crippen LogP contribution in [0.1, 0.15) is 19.4 Å². The van der Waals surface area contributed by atoms with Gasteiger partial charge < -0.3 is 15.4 Å². The van der Waals surface area contributed by atoms with Crippen LogP contribution in [0.25, 0.3) is 0 Å². The van der Waals surface area contributed by atoms with E-state index in [4.69, 9.17) is 15.9 Å². The summed E-state index contributed by atoms with van der Waals surface area (Å²) in [5.74, 6) is 0.101. The zero-order valence-electron chi connectivity index (χ0n) is 10.6. The maximum Gasteiger partial charge on any atom is 0.124 e. The van der Waals surface area contributed by atoms with Crippen LogP contribution < -0.4 is 10.6 Å². The normalized spacial score (nSPS) is 24.1. The van der Waals surface area contributed by atoms with E-state index in [9.17, 15) is 0 Å². The molecule has 2 atom stereocenters. The number of nitrogen functional groups attached to an aromatic ring is 1. The van der Waals surface area contributed by atoms with Crippen molar-refractivity contribution in [3.63, 3.8) is 0 Å². The Kier molecular flexibility index (Phi) is 3.92. The van der Waals surface area contributed by atoms with Crippen LogP contribution in [0.2, 0.25) is 0 Å². The summed E-state index contributed by atoms with van der Waals surface area (Å²) in [5, 5.41) is 7.67. The van der Waals surface area contributed by atoms with E-state index in [1.807, 2.05) is 18.2 Å². The fraction of sp³-hybridized carbons (Fsp3) is 0.462. The number of morpholine rings is 1. The third kappa shape index (κ3) is 2.84. The summed E-state index contributed by atoms with van der Waals surface area (Å²) in [6.45, 7) is 5.77. The monoisotopic (exact) mass is 311 g/mol. The topological polar surface area (TPSA) is 62.3 Å². The number of hydrogen-bond donors (Lipinski definition) is 2. The van der Waals surface area contributed by atoms with Crippen molar-refractivity contribution in [1.29, 1.82) is 5.41 Å². The first-order valence-electron chi connectivity index (χ1n) is 6.01. The highest BCUT2D eigenvalue weighted by Crippen LogP contribution is 2.27. The first-order chi connectivity index (χ1) is 8.47. The maximum absolute atomic E-state index is 7.67. The number of rotatable bonds is 2. The van der Waals surface area contributed by atoms with Crippen molar-refractivity contribution in [3.05, 3.63) is 28.2 Å². The number of nitrogens with zero attached hydrogens (tertiary/aromatic N) is 1. The molecule has 18 heavy (non-hydrogen) atoms. The predicted molar refractivity (Wildman–Crippen MR) is 77.4 cm³/mol. The number of ether oxygens (including phenoxy) is 1. The van der Waals surface area contributed by atoms with E-state index >= 15 is 0 Å². The number of hydrogen-bond acceptors (Lipinski definition) is 3. The smallest absolute Gasteiger partial charge is 0.124 e. The van der Waals surface area contributed by atoms with Crippen molar-refractivity contribution >= 4 is 27.5 Å². The Morgan fingerprint density at radius 3 is 2.56 bits per heavy atom. The summed E-state index contributed by atoms with van der Waals surface area (Å²) < 4.78 is 6.72. The Balaban J connectivity index is 2.36. The molecule has 0 aromatic heterocycles. The molecule has 0 radical (unpaired) electrons. The number of anilines is 1. The molecule has 3 N–H and O–H groups in total. The van der Waals surface area contributed by atoms with Crippen LogP contribution in [0.3, 0.4) is 0 Å². The zero-order chi connectivity index (χ0) is 13.3. The van der Waals surface area contributed by atoms with Crippen LogP contribution in [0.5, 0.6) is 0 Å². The molecule has 1 aliphatic rings.